The summed E-state index contributed by atoms with van der Waals surface area (Å²) in [5.74, 6) is 0. The second kappa shape index (κ2) is 6.12. The predicted molar refractivity (Wildman–Crippen MR) is 84.2 cm³/mol. The Bertz CT molecular complexity index is 602. The van der Waals surface area contributed by atoms with Gasteiger partial charge in [0, 0.05) is 23.8 Å². The zero-order valence-corrected chi connectivity index (χ0v) is 12.7. The van der Waals surface area contributed by atoms with Crippen molar-refractivity contribution in [1.82, 2.24) is 10.3 Å². The van der Waals surface area contributed by atoms with Crippen molar-refractivity contribution in [2.45, 2.75) is 36.3 Å². The molecule has 3 nitrogen and oxygen atoms in total. The van der Waals surface area contributed by atoms with Gasteiger partial charge in [0.15, 0.2) is 0 Å². The van der Waals surface area contributed by atoms with Gasteiger partial charge in [0.25, 0.3) is 0 Å². The maximum atomic E-state index is 5.66. The summed E-state index contributed by atoms with van der Waals surface area (Å²) >= 11 is 1.86. The van der Waals surface area contributed by atoms with Crippen LogP contribution in [0.25, 0.3) is 10.9 Å². The molecule has 4 heteroatoms. The molecule has 1 N–H and O–H groups in total. The number of hydrogen-bond donors (Lipinski definition) is 1. The zero-order valence-electron chi connectivity index (χ0n) is 11.9. The third-order valence-electron chi connectivity index (χ3n) is 3.70. The minimum Gasteiger partial charge on any atom is -0.377 e. The SMILES string of the molecule is CNCc1cc2ccccc2nc1SC1CCOC1C. The average Bonchev–Trinajstić information content (AvgIpc) is 2.85. The molecule has 20 heavy (non-hydrogen) atoms. The Hall–Kier alpha value is -1.10. The van der Waals surface area contributed by atoms with E-state index < -0.39 is 0 Å². The van der Waals surface area contributed by atoms with Crippen molar-refractivity contribution < 1.29 is 4.74 Å². The summed E-state index contributed by atoms with van der Waals surface area (Å²) in [5, 5.41) is 6.10. The molecule has 2 heterocycles. The first-order chi connectivity index (χ1) is 9.78. The van der Waals surface area contributed by atoms with Gasteiger partial charge in [-0.1, -0.05) is 30.0 Å². The summed E-state index contributed by atoms with van der Waals surface area (Å²) in [5.41, 5.74) is 2.34. The van der Waals surface area contributed by atoms with E-state index in [9.17, 15) is 0 Å². The van der Waals surface area contributed by atoms with Crippen LogP contribution in [0.2, 0.25) is 0 Å². The molecule has 0 bridgehead atoms. The number of thioether (sulfide) groups is 1. The smallest absolute Gasteiger partial charge is 0.102 e. The molecule has 0 aliphatic carbocycles. The molecule has 3 rings (SSSR count). The van der Waals surface area contributed by atoms with Crippen LogP contribution in [0.1, 0.15) is 18.9 Å². The molecule has 1 aromatic carbocycles. The molecule has 1 aliphatic heterocycles. The van der Waals surface area contributed by atoms with Crippen LogP contribution in [0.4, 0.5) is 0 Å². The molecule has 0 amide bonds. The number of rotatable bonds is 4. The molecule has 1 fully saturated rings. The molecule has 0 spiro atoms. The fourth-order valence-corrected chi connectivity index (χ4v) is 3.78. The van der Waals surface area contributed by atoms with Gasteiger partial charge in [-0.3, -0.25) is 0 Å². The van der Waals surface area contributed by atoms with Crippen LogP contribution in [0, 0.1) is 0 Å². The van der Waals surface area contributed by atoms with Gasteiger partial charge in [-0.2, -0.15) is 0 Å². The van der Waals surface area contributed by atoms with Gasteiger partial charge in [-0.15, -0.1) is 0 Å². The number of fused-ring (bicyclic) bond motifs is 1. The van der Waals surface area contributed by atoms with E-state index in [4.69, 9.17) is 9.72 Å². The lowest BCUT2D eigenvalue weighted by molar-refractivity contribution is 0.127. The number of hydrogen-bond acceptors (Lipinski definition) is 4. The molecular weight excluding hydrogens is 268 g/mol. The van der Waals surface area contributed by atoms with E-state index in [2.05, 4.69) is 36.5 Å². The summed E-state index contributed by atoms with van der Waals surface area (Å²) in [6.45, 7) is 3.87. The van der Waals surface area contributed by atoms with Gasteiger partial charge in [-0.05, 0) is 38.1 Å². The number of nitrogens with zero attached hydrogens (tertiary/aromatic N) is 1. The molecule has 2 atom stereocenters. The maximum absolute atomic E-state index is 5.66. The molecule has 0 radical (unpaired) electrons. The van der Waals surface area contributed by atoms with Crippen LogP contribution in [0.5, 0.6) is 0 Å². The molecule has 2 aromatic rings. The van der Waals surface area contributed by atoms with Gasteiger partial charge >= 0.3 is 0 Å². The highest BCUT2D eigenvalue weighted by molar-refractivity contribution is 8.00. The number of nitrogens with one attached hydrogen (secondary N) is 1. The molecule has 2 unspecified atom stereocenters. The lowest BCUT2D eigenvalue weighted by Crippen LogP contribution is -2.15. The van der Waals surface area contributed by atoms with Crippen molar-refractivity contribution in [3.05, 3.63) is 35.9 Å². The summed E-state index contributed by atoms with van der Waals surface area (Å²) in [6, 6.07) is 10.6. The standard InChI is InChI=1S/C16H20N2OS/c1-11-15(7-8-19-11)20-16-13(10-17-2)9-12-5-3-4-6-14(12)18-16/h3-6,9,11,15,17H,7-8,10H2,1-2H3. The van der Waals surface area contributed by atoms with Crippen LogP contribution in [0.15, 0.2) is 35.4 Å². The fourth-order valence-electron chi connectivity index (χ4n) is 2.57. The number of para-hydroxylation sites is 1. The van der Waals surface area contributed by atoms with Crippen molar-refractivity contribution >= 4 is 22.7 Å². The molecule has 106 valence electrons. The predicted octanol–water partition coefficient (Wildman–Crippen LogP) is 3.22. The van der Waals surface area contributed by atoms with E-state index in [0.29, 0.717) is 11.4 Å². The minimum atomic E-state index is 0.315. The first-order valence-electron chi connectivity index (χ1n) is 7.09. The van der Waals surface area contributed by atoms with E-state index in [1.807, 2.05) is 24.9 Å². The molecule has 1 saturated heterocycles. The molecule has 1 aliphatic rings. The van der Waals surface area contributed by atoms with Gasteiger partial charge < -0.3 is 10.1 Å². The number of aromatic nitrogens is 1. The van der Waals surface area contributed by atoms with Crippen molar-refractivity contribution in [1.29, 1.82) is 0 Å². The number of pyridine rings is 1. The highest BCUT2D eigenvalue weighted by Crippen LogP contribution is 2.34. The number of benzene rings is 1. The summed E-state index contributed by atoms with van der Waals surface area (Å²) in [6.07, 6.45) is 1.43. The molecule has 1 aromatic heterocycles. The van der Waals surface area contributed by atoms with Crippen LogP contribution in [-0.4, -0.2) is 30.0 Å². The van der Waals surface area contributed by atoms with Crippen molar-refractivity contribution in [3.63, 3.8) is 0 Å². The summed E-state index contributed by atoms with van der Waals surface area (Å²) < 4.78 is 5.66. The Kier molecular flexibility index (Phi) is 4.24. The third-order valence-corrected chi connectivity index (χ3v) is 5.20. The largest absolute Gasteiger partial charge is 0.377 e. The molecular formula is C16H20N2OS. The van der Waals surface area contributed by atoms with Crippen molar-refractivity contribution in [2.24, 2.45) is 0 Å². The quantitative estimate of drug-likeness (QED) is 0.936. The van der Waals surface area contributed by atoms with Crippen molar-refractivity contribution in [3.8, 4) is 0 Å². The van der Waals surface area contributed by atoms with E-state index in [0.717, 1.165) is 30.1 Å². The third kappa shape index (κ3) is 2.82. The zero-order chi connectivity index (χ0) is 13.9. The van der Waals surface area contributed by atoms with E-state index in [1.54, 1.807) is 0 Å². The number of ether oxygens (including phenoxy) is 1. The Balaban J connectivity index is 1.96. The second-order valence-electron chi connectivity index (χ2n) is 5.20. The first-order valence-corrected chi connectivity index (χ1v) is 7.97. The van der Waals surface area contributed by atoms with Gasteiger partial charge in [0.2, 0.25) is 0 Å². The Morgan fingerprint density at radius 1 is 1.40 bits per heavy atom. The highest BCUT2D eigenvalue weighted by Gasteiger charge is 2.26. The van der Waals surface area contributed by atoms with Gasteiger partial charge in [0.05, 0.1) is 11.6 Å². The van der Waals surface area contributed by atoms with Crippen LogP contribution < -0.4 is 5.32 Å². The monoisotopic (exact) mass is 288 g/mol. The first kappa shape index (κ1) is 13.9. The lowest BCUT2D eigenvalue weighted by atomic mass is 10.1. The van der Waals surface area contributed by atoms with Crippen LogP contribution in [-0.2, 0) is 11.3 Å². The Labute approximate surface area is 124 Å². The normalized spacial score (nSPS) is 22.5. The van der Waals surface area contributed by atoms with Crippen molar-refractivity contribution in [2.75, 3.05) is 13.7 Å². The van der Waals surface area contributed by atoms with Crippen LogP contribution in [0.3, 0.4) is 0 Å². The topological polar surface area (TPSA) is 34.2 Å². The highest BCUT2D eigenvalue weighted by atomic mass is 32.2. The lowest BCUT2D eigenvalue weighted by Gasteiger charge is -2.16. The van der Waals surface area contributed by atoms with E-state index in [1.165, 1.54) is 10.9 Å². The molecule has 0 saturated carbocycles. The van der Waals surface area contributed by atoms with Gasteiger partial charge in [-0.25, -0.2) is 4.98 Å². The Morgan fingerprint density at radius 3 is 3.00 bits per heavy atom. The maximum Gasteiger partial charge on any atom is 0.102 e. The van der Waals surface area contributed by atoms with Gasteiger partial charge in [0.1, 0.15) is 5.03 Å². The van der Waals surface area contributed by atoms with E-state index in [-0.39, 0.29) is 0 Å². The summed E-state index contributed by atoms with van der Waals surface area (Å²) in [7, 11) is 1.98. The van der Waals surface area contributed by atoms with Crippen LogP contribution >= 0.6 is 11.8 Å². The van der Waals surface area contributed by atoms with E-state index >= 15 is 0 Å². The minimum absolute atomic E-state index is 0.315. The summed E-state index contributed by atoms with van der Waals surface area (Å²) in [4.78, 5) is 4.86. The second-order valence-corrected chi connectivity index (χ2v) is 6.42. The Morgan fingerprint density at radius 2 is 2.25 bits per heavy atom. The fraction of sp³-hybridized carbons (Fsp3) is 0.438. The average molecular weight is 288 g/mol.